The third-order valence-electron chi connectivity index (χ3n) is 8.11. The average molecular weight is 702 g/mol. The third kappa shape index (κ3) is 12.9. The molecular formula is C42H47N5O5. The number of ketones is 3. The number of carboxylic acids is 1. The smallest absolute Gasteiger partial charge is 0.335 e. The van der Waals surface area contributed by atoms with Crippen molar-refractivity contribution in [3.05, 3.63) is 155 Å². The van der Waals surface area contributed by atoms with Crippen molar-refractivity contribution in [1.29, 1.82) is 0 Å². The number of nitrogens with one attached hydrogen (secondary N) is 1. The molecule has 0 saturated heterocycles. The molecule has 270 valence electrons. The van der Waals surface area contributed by atoms with E-state index in [2.05, 4.69) is 5.32 Å². The Morgan fingerprint density at radius 1 is 0.596 bits per heavy atom. The first kappa shape index (κ1) is 40.2. The predicted octanol–water partition coefficient (Wildman–Crippen LogP) is 7.12. The standard InChI is InChI=1S/C25H27N3O2.C9H11NO2.C8H9NO/c1-28(2)23-13-7-17(8-14-23)20(15-24(29)18-3-9-21(26)10-4-18)16-25(30)19-5-11-22(27)12-6-19;1-10-6-7-2-4-8(5-3-7)9(11)12;1-6(10)7-2-4-8(9)5-3-7/h3-14,20H,15-16,26-27H2,1-2H3;2-5,10H,6H2,1H3,(H,11,12);2-5H,9H2,1H3. The van der Waals surface area contributed by atoms with Gasteiger partial charge in [-0.2, -0.15) is 0 Å². The van der Waals surface area contributed by atoms with Gasteiger partial charge in [-0.15, -0.1) is 0 Å². The lowest BCUT2D eigenvalue weighted by molar-refractivity contribution is 0.0696. The maximum Gasteiger partial charge on any atom is 0.335 e. The summed E-state index contributed by atoms with van der Waals surface area (Å²) in [6, 6.07) is 35.5. The highest BCUT2D eigenvalue weighted by molar-refractivity contribution is 5.99. The Hall–Kier alpha value is -6.26. The van der Waals surface area contributed by atoms with E-state index in [1.165, 1.54) is 6.92 Å². The number of carbonyl (C=O) groups excluding carboxylic acids is 3. The molecule has 5 rings (SSSR count). The molecule has 0 saturated carbocycles. The zero-order valence-electron chi connectivity index (χ0n) is 30.0. The minimum atomic E-state index is -0.883. The summed E-state index contributed by atoms with van der Waals surface area (Å²) >= 11 is 0. The second-order valence-corrected chi connectivity index (χ2v) is 12.4. The van der Waals surface area contributed by atoms with Gasteiger partial charge in [-0.05, 0) is 128 Å². The molecule has 10 heteroatoms. The first-order valence-electron chi connectivity index (χ1n) is 16.7. The number of carbonyl (C=O) groups is 4. The van der Waals surface area contributed by atoms with Gasteiger partial charge >= 0.3 is 5.97 Å². The van der Waals surface area contributed by atoms with Crippen LogP contribution in [0, 0.1) is 0 Å². The van der Waals surface area contributed by atoms with Gasteiger partial charge in [-0.1, -0.05) is 24.3 Å². The Kier molecular flexibility index (Phi) is 15.3. The molecule has 0 aromatic heterocycles. The molecule has 0 heterocycles. The highest BCUT2D eigenvalue weighted by atomic mass is 16.4. The number of hydrogen-bond donors (Lipinski definition) is 5. The van der Waals surface area contributed by atoms with Crippen LogP contribution in [0.3, 0.4) is 0 Å². The number of benzene rings is 5. The van der Waals surface area contributed by atoms with Crippen LogP contribution in [0.2, 0.25) is 0 Å². The predicted molar refractivity (Wildman–Crippen MR) is 210 cm³/mol. The molecule has 0 aliphatic rings. The van der Waals surface area contributed by atoms with Gasteiger partial charge in [0.2, 0.25) is 0 Å². The lowest BCUT2D eigenvalue weighted by atomic mass is 9.86. The fourth-order valence-electron chi connectivity index (χ4n) is 5.06. The number of Topliss-reactive ketones (excluding diaryl/α,β-unsaturated/α-hetero) is 3. The Labute approximate surface area is 305 Å². The first-order chi connectivity index (χ1) is 24.8. The van der Waals surface area contributed by atoms with Crippen LogP contribution >= 0.6 is 0 Å². The Morgan fingerprint density at radius 3 is 1.33 bits per heavy atom. The van der Waals surface area contributed by atoms with Crippen molar-refractivity contribution in [2.45, 2.75) is 32.2 Å². The highest BCUT2D eigenvalue weighted by Gasteiger charge is 2.22. The molecule has 10 nitrogen and oxygen atoms in total. The summed E-state index contributed by atoms with van der Waals surface area (Å²) in [7, 11) is 5.80. The lowest BCUT2D eigenvalue weighted by Crippen LogP contribution is -2.13. The van der Waals surface area contributed by atoms with E-state index in [9.17, 15) is 19.2 Å². The van der Waals surface area contributed by atoms with Gasteiger partial charge in [0.25, 0.3) is 0 Å². The van der Waals surface area contributed by atoms with E-state index < -0.39 is 5.97 Å². The van der Waals surface area contributed by atoms with Crippen molar-refractivity contribution in [3.8, 4) is 0 Å². The molecule has 0 fully saturated rings. The van der Waals surface area contributed by atoms with Gasteiger partial charge in [-0.3, -0.25) is 14.4 Å². The van der Waals surface area contributed by atoms with E-state index >= 15 is 0 Å². The molecule has 0 spiro atoms. The topological polar surface area (TPSA) is 182 Å². The summed E-state index contributed by atoms with van der Waals surface area (Å²) in [5.41, 5.74) is 24.1. The molecule has 0 aliphatic heterocycles. The number of hydrogen-bond acceptors (Lipinski definition) is 9. The number of aromatic carboxylic acids is 1. The largest absolute Gasteiger partial charge is 0.478 e. The molecule has 0 radical (unpaired) electrons. The first-order valence-corrected chi connectivity index (χ1v) is 16.7. The minimum Gasteiger partial charge on any atom is -0.478 e. The highest BCUT2D eigenvalue weighted by Crippen LogP contribution is 2.29. The van der Waals surface area contributed by atoms with Gasteiger partial charge in [0.05, 0.1) is 5.56 Å². The van der Waals surface area contributed by atoms with Gasteiger partial charge in [0, 0.05) is 72.9 Å². The van der Waals surface area contributed by atoms with Gasteiger partial charge < -0.3 is 32.5 Å². The molecule has 8 N–H and O–H groups in total. The van der Waals surface area contributed by atoms with Gasteiger partial charge in [-0.25, -0.2) is 4.79 Å². The van der Waals surface area contributed by atoms with Crippen molar-refractivity contribution in [2.75, 3.05) is 43.2 Å². The van der Waals surface area contributed by atoms with Crippen molar-refractivity contribution in [2.24, 2.45) is 0 Å². The maximum atomic E-state index is 12.9. The van der Waals surface area contributed by atoms with Crippen LogP contribution in [0.25, 0.3) is 0 Å². The summed E-state index contributed by atoms with van der Waals surface area (Å²) in [6.07, 6.45) is 0.484. The normalized spacial score (nSPS) is 10.2. The van der Waals surface area contributed by atoms with E-state index in [1.54, 1.807) is 97.1 Å². The van der Waals surface area contributed by atoms with Crippen molar-refractivity contribution in [3.63, 3.8) is 0 Å². The monoisotopic (exact) mass is 701 g/mol. The fraction of sp³-hybridized carbons (Fsp3) is 0.190. The van der Waals surface area contributed by atoms with Crippen LogP contribution in [0.1, 0.15) is 78.2 Å². The minimum absolute atomic E-state index is 0.0122. The number of anilines is 4. The van der Waals surface area contributed by atoms with Crippen LogP contribution < -0.4 is 27.4 Å². The van der Waals surface area contributed by atoms with Gasteiger partial charge in [0.15, 0.2) is 17.3 Å². The second kappa shape index (κ2) is 19.8. The van der Waals surface area contributed by atoms with Gasteiger partial charge in [0.1, 0.15) is 0 Å². The number of nitrogen functional groups attached to an aromatic ring is 3. The van der Waals surface area contributed by atoms with E-state index in [4.69, 9.17) is 22.3 Å². The molecule has 0 amide bonds. The van der Waals surface area contributed by atoms with Crippen LogP contribution in [-0.2, 0) is 6.54 Å². The molecule has 52 heavy (non-hydrogen) atoms. The Morgan fingerprint density at radius 2 is 0.981 bits per heavy atom. The average Bonchev–Trinajstić information content (AvgIpc) is 3.13. The van der Waals surface area contributed by atoms with Crippen LogP contribution in [-0.4, -0.2) is 49.6 Å². The quantitative estimate of drug-likeness (QED) is 0.0663. The Bertz CT molecular complexity index is 1850. The summed E-state index contributed by atoms with van der Waals surface area (Å²) in [5, 5.41) is 11.6. The second-order valence-electron chi connectivity index (χ2n) is 12.4. The summed E-state index contributed by atoms with van der Waals surface area (Å²) in [5.74, 6) is -1.06. The summed E-state index contributed by atoms with van der Waals surface area (Å²) < 4.78 is 0. The molecule has 0 aliphatic carbocycles. The number of nitrogens with zero attached hydrogens (tertiary/aromatic N) is 1. The van der Waals surface area contributed by atoms with E-state index in [0.29, 0.717) is 39.3 Å². The Balaban J connectivity index is 0.000000269. The molecule has 0 bridgehead atoms. The van der Waals surface area contributed by atoms with Crippen LogP contribution in [0.15, 0.2) is 121 Å². The maximum absolute atomic E-state index is 12.9. The number of rotatable bonds is 12. The molecule has 0 unspecified atom stereocenters. The lowest BCUT2D eigenvalue weighted by Gasteiger charge is -2.19. The van der Waals surface area contributed by atoms with Crippen molar-refractivity contribution in [1.82, 2.24) is 5.32 Å². The summed E-state index contributed by atoms with van der Waals surface area (Å²) in [4.78, 5) is 49.0. The SMILES string of the molecule is CC(=O)c1ccc(N)cc1.CN(C)c1ccc(C(CC(=O)c2ccc(N)cc2)CC(=O)c2ccc(N)cc2)cc1.CNCc1ccc(C(=O)O)cc1. The van der Waals surface area contributed by atoms with Crippen LogP contribution in [0.4, 0.5) is 22.7 Å². The molecule has 0 atom stereocenters. The van der Waals surface area contributed by atoms with E-state index in [0.717, 1.165) is 23.4 Å². The van der Waals surface area contributed by atoms with E-state index in [-0.39, 0.29) is 36.1 Å². The third-order valence-corrected chi connectivity index (χ3v) is 8.11. The molecular weight excluding hydrogens is 654 g/mol. The zero-order chi connectivity index (χ0) is 38.2. The van der Waals surface area contributed by atoms with Crippen molar-refractivity contribution >= 4 is 46.1 Å². The fourth-order valence-corrected chi connectivity index (χ4v) is 5.06. The number of carboxylic acid groups (broad SMARTS) is 1. The zero-order valence-corrected chi connectivity index (χ0v) is 30.0. The van der Waals surface area contributed by atoms with E-state index in [1.807, 2.05) is 50.3 Å². The summed E-state index contributed by atoms with van der Waals surface area (Å²) in [6.45, 7) is 2.30. The molecule has 5 aromatic rings. The van der Waals surface area contributed by atoms with Crippen LogP contribution in [0.5, 0.6) is 0 Å². The number of nitrogens with two attached hydrogens (primary N) is 3. The molecule has 5 aromatic carbocycles. The van der Waals surface area contributed by atoms with Crippen molar-refractivity contribution < 1.29 is 24.3 Å².